The van der Waals surface area contributed by atoms with E-state index in [4.69, 9.17) is 23.1 Å². The third-order valence-electron chi connectivity index (χ3n) is 5.36. The van der Waals surface area contributed by atoms with Crippen LogP contribution in [0.1, 0.15) is 65.6 Å². The Labute approximate surface area is 190 Å². The zero-order valence-corrected chi connectivity index (χ0v) is 18.8. The van der Waals surface area contributed by atoms with Gasteiger partial charge in [0.25, 0.3) is 11.8 Å². The van der Waals surface area contributed by atoms with Gasteiger partial charge in [0.15, 0.2) is 5.69 Å². The van der Waals surface area contributed by atoms with Crippen LogP contribution in [0.4, 0.5) is 11.4 Å². The summed E-state index contributed by atoms with van der Waals surface area (Å²) >= 11 is 6.83. The van der Waals surface area contributed by atoms with Crippen molar-refractivity contribution in [2.24, 2.45) is 5.73 Å². The van der Waals surface area contributed by atoms with Crippen LogP contribution in [0.2, 0.25) is 5.02 Å². The van der Waals surface area contributed by atoms with Gasteiger partial charge < -0.3 is 16.8 Å². The first-order valence-corrected chi connectivity index (χ1v) is 11.4. The lowest BCUT2D eigenvalue weighted by molar-refractivity contribution is -0.123. The second-order valence-corrected chi connectivity index (χ2v) is 8.79. The van der Waals surface area contributed by atoms with Crippen molar-refractivity contribution in [1.82, 2.24) is 9.69 Å². The number of carbonyl (C=O) groups excluding carboxylic acids is 3. The van der Waals surface area contributed by atoms with Crippen LogP contribution >= 0.6 is 23.1 Å². The Bertz CT molecular complexity index is 956. The summed E-state index contributed by atoms with van der Waals surface area (Å²) in [5.74, 6) is -1.53. The summed E-state index contributed by atoms with van der Waals surface area (Å²) in [6, 6.07) is 6.03. The number of nitrogen functional groups attached to an aromatic ring is 1. The molecule has 0 saturated heterocycles. The van der Waals surface area contributed by atoms with Crippen LogP contribution in [-0.4, -0.2) is 34.2 Å². The van der Waals surface area contributed by atoms with Gasteiger partial charge in [0.1, 0.15) is 10.9 Å². The average Bonchev–Trinajstić information content (AvgIpc) is 3.38. The minimum atomic E-state index is -0.810. The maximum atomic E-state index is 13.6. The standard InChI is InChI=1S/C21H26ClN5O3S/c1-2-5-15(20(29)25-13-6-3-4-7-13)27(14-10-8-12(22)9-11-14)21(30)18-16(23)17(19(24)28)26-31-18/h8-11,13,15H,2-7,23H2,1H3,(H2,24,28)(H,25,29)/t15-/m0/s1. The molecular formula is C21H26ClN5O3S. The Morgan fingerprint density at radius 1 is 1.26 bits per heavy atom. The van der Waals surface area contributed by atoms with E-state index in [9.17, 15) is 14.4 Å². The number of hydrogen-bond acceptors (Lipinski definition) is 6. The van der Waals surface area contributed by atoms with Crippen LogP contribution < -0.4 is 21.7 Å². The van der Waals surface area contributed by atoms with E-state index >= 15 is 0 Å². The quantitative estimate of drug-likeness (QED) is 0.552. The van der Waals surface area contributed by atoms with Crippen molar-refractivity contribution in [1.29, 1.82) is 0 Å². The number of nitrogens with two attached hydrogens (primary N) is 2. The Morgan fingerprint density at radius 2 is 1.90 bits per heavy atom. The molecule has 0 bridgehead atoms. The van der Waals surface area contributed by atoms with Gasteiger partial charge in [-0.3, -0.25) is 19.3 Å². The second-order valence-electron chi connectivity index (χ2n) is 7.58. The van der Waals surface area contributed by atoms with Crippen molar-refractivity contribution in [2.45, 2.75) is 57.5 Å². The summed E-state index contributed by atoms with van der Waals surface area (Å²) in [6.07, 6.45) is 5.17. The lowest BCUT2D eigenvalue weighted by atomic mass is 10.1. The summed E-state index contributed by atoms with van der Waals surface area (Å²) in [4.78, 5) is 39.9. The van der Waals surface area contributed by atoms with Crippen molar-refractivity contribution < 1.29 is 14.4 Å². The highest BCUT2D eigenvalue weighted by molar-refractivity contribution is 7.09. The fraction of sp³-hybridized carbons (Fsp3) is 0.429. The third kappa shape index (κ3) is 5.16. The molecule has 0 unspecified atom stereocenters. The fourth-order valence-corrected chi connectivity index (χ4v) is 4.67. The first kappa shape index (κ1) is 23.0. The highest BCUT2D eigenvalue weighted by Crippen LogP contribution is 2.30. The van der Waals surface area contributed by atoms with Gasteiger partial charge in [-0.25, -0.2) is 0 Å². The molecular weight excluding hydrogens is 438 g/mol. The molecule has 166 valence electrons. The van der Waals surface area contributed by atoms with E-state index in [1.807, 2.05) is 6.92 Å². The van der Waals surface area contributed by atoms with Crippen LogP contribution in [0, 0.1) is 0 Å². The zero-order chi connectivity index (χ0) is 22.5. The van der Waals surface area contributed by atoms with Crippen molar-refractivity contribution in [3.63, 3.8) is 0 Å². The maximum Gasteiger partial charge on any atom is 0.272 e. The highest BCUT2D eigenvalue weighted by Gasteiger charge is 2.35. The number of nitrogens with zero attached hydrogens (tertiary/aromatic N) is 2. The van der Waals surface area contributed by atoms with Crippen molar-refractivity contribution in [3.05, 3.63) is 39.9 Å². The molecule has 3 rings (SSSR count). The Morgan fingerprint density at radius 3 is 2.45 bits per heavy atom. The summed E-state index contributed by atoms with van der Waals surface area (Å²) in [5, 5.41) is 3.60. The lowest BCUT2D eigenvalue weighted by Crippen LogP contribution is -2.51. The summed E-state index contributed by atoms with van der Waals surface area (Å²) in [7, 11) is 0. The number of anilines is 2. The van der Waals surface area contributed by atoms with Crippen molar-refractivity contribution >= 4 is 52.2 Å². The molecule has 1 heterocycles. The molecule has 1 aromatic carbocycles. The molecule has 0 radical (unpaired) electrons. The normalized spacial score (nSPS) is 14.9. The monoisotopic (exact) mass is 463 g/mol. The number of benzene rings is 1. The molecule has 3 amide bonds. The molecule has 1 fully saturated rings. The van der Waals surface area contributed by atoms with Gasteiger partial charge in [0, 0.05) is 16.8 Å². The Balaban J connectivity index is 2.01. The predicted octanol–water partition coefficient (Wildman–Crippen LogP) is 3.35. The van der Waals surface area contributed by atoms with E-state index in [0.29, 0.717) is 23.6 Å². The van der Waals surface area contributed by atoms with Crippen LogP contribution in [0.5, 0.6) is 0 Å². The SMILES string of the molecule is CCC[C@@H](C(=O)NC1CCCC1)N(C(=O)c1snc(C(N)=O)c1N)c1ccc(Cl)cc1. The van der Waals surface area contributed by atoms with Gasteiger partial charge in [-0.15, -0.1) is 0 Å². The minimum absolute atomic E-state index is 0.0681. The van der Waals surface area contributed by atoms with Gasteiger partial charge in [-0.05, 0) is 55.1 Å². The number of nitrogens with one attached hydrogen (secondary N) is 1. The van der Waals surface area contributed by atoms with E-state index < -0.39 is 17.9 Å². The molecule has 1 aliphatic carbocycles. The zero-order valence-electron chi connectivity index (χ0n) is 17.3. The van der Waals surface area contributed by atoms with E-state index in [1.165, 1.54) is 4.90 Å². The number of rotatable bonds is 8. The molecule has 31 heavy (non-hydrogen) atoms. The fourth-order valence-electron chi connectivity index (χ4n) is 3.80. The smallest absolute Gasteiger partial charge is 0.272 e. The van der Waals surface area contributed by atoms with Crippen molar-refractivity contribution in [3.8, 4) is 0 Å². The van der Waals surface area contributed by atoms with E-state index in [0.717, 1.165) is 37.2 Å². The molecule has 0 spiro atoms. The first-order valence-electron chi connectivity index (χ1n) is 10.3. The number of primary amides is 1. The maximum absolute atomic E-state index is 13.6. The molecule has 0 aliphatic heterocycles. The number of halogens is 1. The van der Waals surface area contributed by atoms with Gasteiger partial charge in [-0.1, -0.05) is 37.8 Å². The number of aromatic nitrogens is 1. The molecule has 1 atom stereocenters. The van der Waals surface area contributed by atoms with Gasteiger partial charge in [-0.2, -0.15) is 4.37 Å². The summed E-state index contributed by atoms with van der Waals surface area (Å²) in [6.45, 7) is 1.95. The van der Waals surface area contributed by atoms with E-state index in [1.54, 1.807) is 24.3 Å². The summed E-state index contributed by atoms with van der Waals surface area (Å²) in [5.41, 5.74) is 11.6. The number of hydrogen-bond donors (Lipinski definition) is 3. The molecule has 8 nitrogen and oxygen atoms in total. The van der Waals surface area contributed by atoms with E-state index in [-0.39, 0.29) is 28.2 Å². The van der Waals surface area contributed by atoms with Gasteiger partial charge in [0.2, 0.25) is 5.91 Å². The Hall–Kier alpha value is -2.65. The predicted molar refractivity (Wildman–Crippen MR) is 122 cm³/mol. The largest absolute Gasteiger partial charge is 0.395 e. The lowest BCUT2D eigenvalue weighted by Gasteiger charge is -2.31. The van der Waals surface area contributed by atoms with Crippen LogP contribution in [0.3, 0.4) is 0 Å². The third-order valence-corrected chi connectivity index (χ3v) is 6.46. The Kier molecular flexibility index (Phi) is 7.50. The molecule has 10 heteroatoms. The number of amides is 3. The van der Waals surface area contributed by atoms with Crippen LogP contribution in [0.25, 0.3) is 0 Å². The number of carbonyl (C=O) groups is 3. The van der Waals surface area contributed by atoms with Gasteiger partial charge >= 0.3 is 0 Å². The van der Waals surface area contributed by atoms with Crippen LogP contribution in [-0.2, 0) is 4.79 Å². The van der Waals surface area contributed by atoms with E-state index in [2.05, 4.69) is 9.69 Å². The average molecular weight is 464 g/mol. The molecule has 5 N–H and O–H groups in total. The molecule has 1 saturated carbocycles. The molecule has 1 aromatic heterocycles. The minimum Gasteiger partial charge on any atom is -0.395 e. The van der Waals surface area contributed by atoms with Gasteiger partial charge in [0.05, 0.1) is 5.69 Å². The highest BCUT2D eigenvalue weighted by atomic mass is 35.5. The first-order chi connectivity index (χ1) is 14.8. The summed E-state index contributed by atoms with van der Waals surface area (Å²) < 4.78 is 3.93. The molecule has 2 aromatic rings. The van der Waals surface area contributed by atoms with Crippen molar-refractivity contribution in [2.75, 3.05) is 10.6 Å². The second kappa shape index (κ2) is 10.1. The molecule has 1 aliphatic rings. The topological polar surface area (TPSA) is 131 Å². The van der Waals surface area contributed by atoms with Crippen LogP contribution in [0.15, 0.2) is 24.3 Å².